The van der Waals surface area contributed by atoms with E-state index < -0.39 is 57.2 Å². The van der Waals surface area contributed by atoms with E-state index in [-0.39, 0.29) is 58.4 Å². The monoisotopic (exact) mass is 726 g/mol. The summed E-state index contributed by atoms with van der Waals surface area (Å²) >= 11 is 4.92. The first kappa shape index (κ1) is 35.3. The number of benzene rings is 2. The zero-order valence-electron chi connectivity index (χ0n) is 26.0. The van der Waals surface area contributed by atoms with Crippen molar-refractivity contribution >= 4 is 52.0 Å². The molecule has 51 heavy (non-hydrogen) atoms. The van der Waals surface area contributed by atoms with Crippen LogP contribution in [0.2, 0.25) is 0 Å². The third-order valence-electron chi connectivity index (χ3n) is 9.60. The number of nitro groups is 2. The number of imide groups is 2. The third-order valence-corrected chi connectivity index (χ3v) is 9.68. The highest BCUT2D eigenvalue weighted by Crippen LogP contribution is 2.53. The second kappa shape index (κ2) is 14.0. The predicted molar refractivity (Wildman–Crippen MR) is 167 cm³/mol. The topological polar surface area (TPSA) is 246 Å². The Kier molecular flexibility index (Phi) is 9.67. The number of nitro benzene ring substituents is 2. The van der Waals surface area contributed by atoms with E-state index in [0.29, 0.717) is 10.1 Å². The van der Waals surface area contributed by atoms with Crippen molar-refractivity contribution in [1.82, 2.24) is 10.1 Å². The first-order valence-corrected chi connectivity index (χ1v) is 15.8. The molecule has 2 saturated carbocycles. The molecule has 4 aliphatic carbocycles. The molecular weight excluding hydrogens is 700 g/mol. The van der Waals surface area contributed by atoms with Gasteiger partial charge < -0.3 is 14.6 Å². The van der Waals surface area contributed by atoms with Crippen LogP contribution in [-0.2, 0) is 24.0 Å². The molecule has 8 rings (SSSR count). The lowest BCUT2D eigenvalue weighted by atomic mass is 9.85. The van der Waals surface area contributed by atoms with Gasteiger partial charge in [-0.3, -0.25) is 44.6 Å². The number of non-ortho nitro benzene ring substituents is 2. The number of carbonyl (C=O) groups excluding carboxylic acids is 5. The molecule has 19 heteroatoms. The van der Waals surface area contributed by atoms with Crippen molar-refractivity contribution in [1.29, 1.82) is 0 Å². The van der Waals surface area contributed by atoms with Gasteiger partial charge >= 0.3 is 11.9 Å². The Morgan fingerprint density at radius 1 is 0.706 bits per heavy atom. The fraction of sp³-hybridized carbons (Fsp3) is 0.344. The lowest BCUT2D eigenvalue weighted by Gasteiger charge is -2.20. The number of halogens is 1. The molecule has 0 radical (unpaired) electrons. The van der Waals surface area contributed by atoms with Gasteiger partial charge in [-0.25, -0.2) is 4.79 Å². The van der Waals surface area contributed by atoms with E-state index in [9.17, 15) is 49.3 Å². The van der Waals surface area contributed by atoms with E-state index in [0.717, 1.165) is 12.8 Å². The van der Waals surface area contributed by atoms with Crippen LogP contribution in [0.4, 0.5) is 16.2 Å². The minimum atomic E-state index is -1.89. The lowest BCUT2D eigenvalue weighted by molar-refractivity contribution is -0.385. The van der Waals surface area contributed by atoms with Crippen molar-refractivity contribution in [3.63, 3.8) is 0 Å². The molecule has 266 valence electrons. The van der Waals surface area contributed by atoms with Gasteiger partial charge in [-0.05, 0) is 60.8 Å². The van der Waals surface area contributed by atoms with Gasteiger partial charge in [0.05, 0.1) is 33.5 Å². The molecule has 18 nitrogen and oxygen atoms in total. The van der Waals surface area contributed by atoms with Crippen LogP contribution in [0.3, 0.4) is 0 Å². The van der Waals surface area contributed by atoms with E-state index in [1.807, 2.05) is 24.3 Å². The number of aliphatic hydroxyl groups excluding tert-OH is 1. The number of hydrogen-bond acceptors (Lipinski definition) is 14. The Morgan fingerprint density at radius 3 is 1.45 bits per heavy atom. The fourth-order valence-corrected chi connectivity index (χ4v) is 7.56. The molecule has 2 N–H and O–H groups in total. The number of aliphatic hydroxyl groups is 1. The summed E-state index contributed by atoms with van der Waals surface area (Å²) in [5.41, 5.74) is -1.19. The molecule has 4 bridgehead atoms. The van der Waals surface area contributed by atoms with Gasteiger partial charge in [0, 0.05) is 35.9 Å². The standard InChI is InChI=1S/C16H14N2O7.C9H9NO3.C7H4ClNO4/c19-14-12-8-1-2-9(7-8)13(12)15(20)17(14)25-16(21)24-11-5-3-10(4-6-11)18(22)23;11-8-6-4-1-2-5(3-4)7(6)9(12)10(8)13;8-7(10)13-6-3-1-5(2-4-6)9(11)12/h1-6,8-9,12-13,16,21H,7H2;1-2,4-7,13H,3H2;1-4H. The zero-order valence-corrected chi connectivity index (χ0v) is 26.8. The first-order valence-electron chi connectivity index (χ1n) is 15.4. The van der Waals surface area contributed by atoms with Gasteiger partial charge in [-0.1, -0.05) is 24.3 Å². The number of amides is 4. The minimum absolute atomic E-state index is 0.0350. The van der Waals surface area contributed by atoms with Crippen LogP contribution >= 0.6 is 11.6 Å². The van der Waals surface area contributed by atoms with Crippen LogP contribution in [0.5, 0.6) is 11.5 Å². The molecule has 9 atom stereocenters. The van der Waals surface area contributed by atoms with Crippen molar-refractivity contribution in [2.24, 2.45) is 47.3 Å². The number of ether oxygens (including phenoxy) is 2. The molecule has 2 aromatic carbocycles. The van der Waals surface area contributed by atoms with Crippen molar-refractivity contribution in [3.05, 3.63) is 93.1 Å². The highest BCUT2D eigenvalue weighted by molar-refractivity contribution is 6.61. The summed E-state index contributed by atoms with van der Waals surface area (Å²) in [4.78, 5) is 82.5. The maximum Gasteiger partial charge on any atom is 0.409 e. The molecule has 2 heterocycles. The normalized spacial score (nSPS) is 29.2. The van der Waals surface area contributed by atoms with E-state index in [4.69, 9.17) is 26.4 Å². The molecule has 2 aromatic rings. The lowest BCUT2D eigenvalue weighted by Crippen LogP contribution is -2.38. The number of fused-ring (bicyclic) bond motifs is 10. The quantitative estimate of drug-likeness (QED) is 0.0789. The Hall–Kier alpha value is -5.56. The van der Waals surface area contributed by atoms with Gasteiger partial charge in [0.1, 0.15) is 11.5 Å². The Balaban J connectivity index is 0.000000145. The summed E-state index contributed by atoms with van der Waals surface area (Å²) < 4.78 is 9.50. The highest BCUT2D eigenvalue weighted by atomic mass is 35.5. The van der Waals surface area contributed by atoms with Crippen molar-refractivity contribution in [2.45, 2.75) is 19.3 Å². The second-order valence-electron chi connectivity index (χ2n) is 12.3. The number of carbonyl (C=O) groups is 5. The molecule has 9 unspecified atom stereocenters. The van der Waals surface area contributed by atoms with Gasteiger partial charge in [0.2, 0.25) is 0 Å². The summed E-state index contributed by atoms with van der Waals surface area (Å²) in [5, 5.41) is 40.7. The molecule has 6 aliphatic rings. The highest BCUT2D eigenvalue weighted by Gasteiger charge is 2.61. The number of hydroxylamine groups is 4. The molecule has 0 aromatic heterocycles. The summed E-state index contributed by atoms with van der Waals surface area (Å²) in [7, 11) is 0. The summed E-state index contributed by atoms with van der Waals surface area (Å²) in [6.45, 7) is -1.89. The fourth-order valence-electron chi connectivity index (χ4n) is 7.47. The number of rotatable bonds is 7. The predicted octanol–water partition coefficient (Wildman–Crippen LogP) is 3.50. The van der Waals surface area contributed by atoms with Gasteiger partial charge in [-0.2, -0.15) is 9.90 Å². The summed E-state index contributed by atoms with van der Waals surface area (Å²) in [6.07, 6.45) is 9.59. The van der Waals surface area contributed by atoms with Crippen molar-refractivity contribution < 1.29 is 58.4 Å². The SMILES string of the molecule is O=C(Cl)Oc1ccc([N+](=O)[O-])cc1.O=C1C2C3C=CC(C3)C2C(=O)N1O.O=C1C2C3C=CC(C3)C2C(=O)N1OC(O)Oc1ccc([N+](=O)[O-])cc1. The van der Waals surface area contributed by atoms with E-state index in [2.05, 4.69) is 4.74 Å². The molecule has 0 spiro atoms. The van der Waals surface area contributed by atoms with Gasteiger partial charge in [0.15, 0.2) is 0 Å². The van der Waals surface area contributed by atoms with Crippen LogP contribution in [0.1, 0.15) is 12.8 Å². The van der Waals surface area contributed by atoms with Crippen LogP contribution in [0, 0.1) is 67.6 Å². The van der Waals surface area contributed by atoms with Crippen LogP contribution in [-0.4, -0.2) is 65.8 Å². The van der Waals surface area contributed by atoms with E-state index >= 15 is 0 Å². The average Bonchev–Trinajstić information content (AvgIpc) is 3.96. The molecule has 4 amide bonds. The smallest absolute Gasteiger partial charge is 0.409 e. The second-order valence-corrected chi connectivity index (χ2v) is 12.6. The van der Waals surface area contributed by atoms with Gasteiger partial charge in [0.25, 0.3) is 35.0 Å². The molecule has 4 fully saturated rings. The number of nitrogens with zero attached hydrogens (tertiary/aromatic N) is 4. The zero-order chi connectivity index (χ0) is 36.7. The van der Waals surface area contributed by atoms with Gasteiger partial charge in [-0.15, -0.1) is 5.06 Å². The largest absolute Gasteiger partial charge is 0.440 e. The van der Waals surface area contributed by atoms with Crippen molar-refractivity contribution in [3.8, 4) is 11.5 Å². The average molecular weight is 727 g/mol. The van der Waals surface area contributed by atoms with E-state index in [1.54, 1.807) is 0 Å². The summed E-state index contributed by atoms with van der Waals surface area (Å²) in [6, 6.07) is 9.96. The minimum Gasteiger partial charge on any atom is -0.440 e. The third kappa shape index (κ3) is 6.81. The van der Waals surface area contributed by atoms with Crippen LogP contribution in [0.25, 0.3) is 0 Å². The Bertz CT molecular complexity index is 1790. The Morgan fingerprint density at radius 2 is 1.08 bits per heavy atom. The maximum absolute atomic E-state index is 12.4. The number of allylic oxidation sites excluding steroid dienone is 4. The molecule has 2 aliphatic heterocycles. The number of hydrogen-bond donors (Lipinski definition) is 2. The van der Waals surface area contributed by atoms with E-state index in [1.165, 1.54) is 48.5 Å². The maximum atomic E-state index is 12.4. The van der Waals surface area contributed by atoms with Crippen molar-refractivity contribution in [2.75, 3.05) is 0 Å². The summed E-state index contributed by atoms with van der Waals surface area (Å²) in [5.74, 6) is -2.48. The van der Waals surface area contributed by atoms with Crippen LogP contribution < -0.4 is 9.47 Å². The first-order chi connectivity index (χ1) is 24.2. The molecular formula is C32H27ClN4O14. The molecule has 2 saturated heterocycles. The Labute approximate surface area is 291 Å². The van der Waals surface area contributed by atoms with Crippen LogP contribution in [0.15, 0.2) is 72.8 Å².